The van der Waals surface area contributed by atoms with Crippen molar-refractivity contribution in [1.29, 1.82) is 0 Å². The van der Waals surface area contributed by atoms with Crippen LogP contribution in [0.25, 0.3) is 5.57 Å². The summed E-state index contributed by atoms with van der Waals surface area (Å²) in [6, 6.07) is 15.6. The van der Waals surface area contributed by atoms with Crippen LogP contribution in [0.3, 0.4) is 0 Å². The monoisotopic (exact) mass is 405 g/mol. The minimum atomic E-state index is -0.530. The highest BCUT2D eigenvalue weighted by molar-refractivity contribution is 5.97. The standard InChI is InChI=1S/C25H27NO4/c1-18-8-9-22(16-19(18)2)23(27)10-11-25(29)30-17-24(28)26-14-12-21(13-15-26)20-6-4-3-5-7-20/h3-9,12,16H,10-11,13-15,17H2,1-2H3. The van der Waals surface area contributed by atoms with Gasteiger partial charge in [0.05, 0.1) is 6.42 Å². The van der Waals surface area contributed by atoms with E-state index < -0.39 is 5.97 Å². The van der Waals surface area contributed by atoms with Crippen LogP contribution in [0, 0.1) is 13.8 Å². The molecule has 0 unspecified atom stereocenters. The Bertz CT molecular complexity index is 962. The Balaban J connectivity index is 1.41. The molecule has 0 spiro atoms. The predicted octanol–water partition coefficient (Wildman–Crippen LogP) is 4.13. The van der Waals surface area contributed by atoms with Crippen molar-refractivity contribution >= 4 is 23.2 Å². The number of ether oxygens (including phenoxy) is 1. The fourth-order valence-corrected chi connectivity index (χ4v) is 3.39. The quantitative estimate of drug-likeness (QED) is 0.513. The Morgan fingerprint density at radius 1 is 0.967 bits per heavy atom. The molecule has 0 atom stereocenters. The van der Waals surface area contributed by atoms with Crippen LogP contribution in [0.5, 0.6) is 0 Å². The number of carbonyl (C=O) groups excluding carboxylic acids is 3. The molecule has 1 amide bonds. The lowest BCUT2D eigenvalue weighted by Gasteiger charge is -2.26. The zero-order valence-corrected chi connectivity index (χ0v) is 17.5. The van der Waals surface area contributed by atoms with Crippen molar-refractivity contribution < 1.29 is 19.1 Å². The highest BCUT2D eigenvalue weighted by Gasteiger charge is 2.19. The predicted molar refractivity (Wildman–Crippen MR) is 116 cm³/mol. The summed E-state index contributed by atoms with van der Waals surface area (Å²) in [6.45, 7) is 4.75. The number of rotatable bonds is 7. The van der Waals surface area contributed by atoms with Crippen molar-refractivity contribution in [3.8, 4) is 0 Å². The molecular formula is C25H27NO4. The molecule has 0 aliphatic carbocycles. The van der Waals surface area contributed by atoms with Crippen molar-refractivity contribution in [3.05, 3.63) is 76.9 Å². The van der Waals surface area contributed by atoms with Gasteiger partial charge in [-0.15, -0.1) is 0 Å². The lowest BCUT2D eigenvalue weighted by molar-refractivity contribution is -0.151. The molecule has 3 rings (SSSR count). The molecule has 156 valence electrons. The van der Waals surface area contributed by atoms with E-state index in [0.717, 1.165) is 17.5 Å². The highest BCUT2D eigenvalue weighted by Crippen LogP contribution is 2.22. The topological polar surface area (TPSA) is 63.7 Å². The normalized spacial score (nSPS) is 13.5. The van der Waals surface area contributed by atoms with Crippen LogP contribution in [0.15, 0.2) is 54.6 Å². The van der Waals surface area contributed by atoms with Crippen LogP contribution in [0.4, 0.5) is 0 Å². The van der Waals surface area contributed by atoms with Gasteiger partial charge in [0.25, 0.3) is 5.91 Å². The molecule has 0 radical (unpaired) electrons. The van der Waals surface area contributed by atoms with Crippen molar-refractivity contribution in [2.45, 2.75) is 33.1 Å². The first-order chi connectivity index (χ1) is 14.4. The van der Waals surface area contributed by atoms with Crippen LogP contribution >= 0.6 is 0 Å². The van der Waals surface area contributed by atoms with Crippen LogP contribution in [-0.2, 0) is 14.3 Å². The number of hydrogen-bond donors (Lipinski definition) is 0. The Labute approximate surface area is 177 Å². The molecule has 1 aliphatic heterocycles. The van der Waals surface area contributed by atoms with Crippen LogP contribution < -0.4 is 0 Å². The number of benzene rings is 2. The molecule has 1 aliphatic rings. The number of esters is 1. The van der Waals surface area contributed by atoms with Gasteiger partial charge < -0.3 is 9.64 Å². The van der Waals surface area contributed by atoms with Gasteiger partial charge in [0.1, 0.15) is 0 Å². The SMILES string of the molecule is Cc1ccc(C(=O)CCC(=O)OCC(=O)N2CC=C(c3ccccc3)CC2)cc1C. The van der Waals surface area contributed by atoms with E-state index in [-0.39, 0.29) is 31.1 Å². The maximum Gasteiger partial charge on any atom is 0.306 e. The van der Waals surface area contributed by atoms with Gasteiger partial charge in [-0.05, 0) is 48.6 Å². The van der Waals surface area contributed by atoms with E-state index in [0.29, 0.717) is 18.7 Å². The Morgan fingerprint density at radius 2 is 1.73 bits per heavy atom. The average molecular weight is 405 g/mol. The number of nitrogens with zero attached hydrogens (tertiary/aromatic N) is 1. The summed E-state index contributed by atoms with van der Waals surface area (Å²) in [5.74, 6) is -0.846. The second-order valence-corrected chi connectivity index (χ2v) is 7.57. The molecule has 0 fully saturated rings. The highest BCUT2D eigenvalue weighted by atomic mass is 16.5. The van der Waals surface area contributed by atoms with E-state index in [1.54, 1.807) is 11.0 Å². The molecular weight excluding hydrogens is 378 g/mol. The maximum atomic E-state index is 12.3. The summed E-state index contributed by atoms with van der Waals surface area (Å²) in [5, 5.41) is 0. The minimum Gasteiger partial charge on any atom is -0.456 e. The first kappa shape index (κ1) is 21.5. The average Bonchev–Trinajstić information content (AvgIpc) is 2.78. The molecule has 2 aromatic rings. The Hall–Kier alpha value is -3.21. The number of carbonyl (C=O) groups is 3. The summed E-state index contributed by atoms with van der Waals surface area (Å²) in [7, 11) is 0. The van der Waals surface area contributed by atoms with Crippen LogP contribution in [-0.4, -0.2) is 42.3 Å². The van der Waals surface area contributed by atoms with E-state index in [1.165, 1.54) is 11.1 Å². The summed E-state index contributed by atoms with van der Waals surface area (Å²) >= 11 is 0. The molecule has 2 aromatic carbocycles. The third-order valence-electron chi connectivity index (χ3n) is 5.45. The number of Topliss-reactive ketones (excluding diaryl/α,β-unsaturated/α-hetero) is 1. The van der Waals surface area contributed by atoms with E-state index in [1.807, 2.05) is 50.3 Å². The lowest BCUT2D eigenvalue weighted by atomic mass is 10.00. The molecule has 0 aromatic heterocycles. The summed E-state index contributed by atoms with van der Waals surface area (Å²) in [6.07, 6.45) is 2.86. The Morgan fingerprint density at radius 3 is 2.40 bits per heavy atom. The van der Waals surface area contributed by atoms with E-state index in [4.69, 9.17) is 4.74 Å². The van der Waals surface area contributed by atoms with Crippen molar-refractivity contribution in [3.63, 3.8) is 0 Å². The molecule has 5 heteroatoms. The number of ketones is 1. The van der Waals surface area contributed by atoms with E-state index in [9.17, 15) is 14.4 Å². The molecule has 0 saturated carbocycles. The van der Waals surface area contributed by atoms with Gasteiger partial charge in [-0.1, -0.05) is 48.5 Å². The molecule has 0 N–H and O–H groups in total. The molecule has 30 heavy (non-hydrogen) atoms. The van der Waals surface area contributed by atoms with Gasteiger partial charge in [0.2, 0.25) is 0 Å². The van der Waals surface area contributed by atoms with Gasteiger partial charge in [-0.2, -0.15) is 0 Å². The van der Waals surface area contributed by atoms with Crippen molar-refractivity contribution in [1.82, 2.24) is 4.90 Å². The smallest absolute Gasteiger partial charge is 0.306 e. The summed E-state index contributed by atoms with van der Waals surface area (Å²) in [4.78, 5) is 38.2. The maximum absolute atomic E-state index is 12.3. The van der Waals surface area contributed by atoms with Gasteiger partial charge >= 0.3 is 5.97 Å². The first-order valence-corrected chi connectivity index (χ1v) is 10.2. The fourth-order valence-electron chi connectivity index (χ4n) is 3.39. The summed E-state index contributed by atoms with van der Waals surface area (Å²) < 4.78 is 5.09. The Kier molecular flexibility index (Phi) is 7.17. The van der Waals surface area contributed by atoms with Gasteiger partial charge in [0, 0.05) is 25.1 Å². The van der Waals surface area contributed by atoms with Gasteiger partial charge in [-0.25, -0.2) is 0 Å². The second-order valence-electron chi connectivity index (χ2n) is 7.57. The van der Waals surface area contributed by atoms with Gasteiger partial charge in [-0.3, -0.25) is 14.4 Å². The molecule has 0 bridgehead atoms. The third-order valence-corrected chi connectivity index (χ3v) is 5.45. The molecule has 1 heterocycles. The molecule has 0 saturated heterocycles. The zero-order valence-electron chi connectivity index (χ0n) is 17.5. The van der Waals surface area contributed by atoms with E-state index in [2.05, 4.69) is 12.1 Å². The van der Waals surface area contributed by atoms with E-state index >= 15 is 0 Å². The largest absolute Gasteiger partial charge is 0.456 e. The number of amides is 1. The van der Waals surface area contributed by atoms with Crippen LogP contribution in [0.2, 0.25) is 0 Å². The fraction of sp³-hybridized carbons (Fsp3) is 0.320. The van der Waals surface area contributed by atoms with Crippen molar-refractivity contribution in [2.75, 3.05) is 19.7 Å². The van der Waals surface area contributed by atoms with Gasteiger partial charge in [0.15, 0.2) is 12.4 Å². The first-order valence-electron chi connectivity index (χ1n) is 10.2. The number of hydrogen-bond acceptors (Lipinski definition) is 4. The minimum absolute atomic E-state index is 0.0307. The van der Waals surface area contributed by atoms with Crippen LogP contribution in [0.1, 0.15) is 46.3 Å². The zero-order chi connectivity index (χ0) is 21.5. The van der Waals surface area contributed by atoms with Crippen molar-refractivity contribution in [2.24, 2.45) is 0 Å². The molecule has 5 nitrogen and oxygen atoms in total. The third kappa shape index (κ3) is 5.66. The lowest BCUT2D eigenvalue weighted by Crippen LogP contribution is -2.37. The summed E-state index contributed by atoms with van der Waals surface area (Å²) in [5.41, 5.74) is 5.15. The number of aryl methyl sites for hydroxylation is 2. The second kappa shape index (κ2) is 10.0.